The summed E-state index contributed by atoms with van der Waals surface area (Å²) in [4.78, 5) is 4.88. The quantitative estimate of drug-likeness (QED) is 0.511. The fourth-order valence-corrected chi connectivity index (χ4v) is 3.85. The Labute approximate surface area is 166 Å². The number of phenolic OH excluding ortho intramolecular Hbond substituents is 1. The summed E-state index contributed by atoms with van der Waals surface area (Å²) >= 11 is 0. The molecule has 0 aliphatic carbocycles. The minimum Gasteiger partial charge on any atom is -0.507 e. The number of aromatic nitrogens is 2. The van der Waals surface area contributed by atoms with E-state index in [1.807, 2.05) is 35.9 Å². The number of halogens is 1. The predicted octanol–water partition coefficient (Wildman–Crippen LogP) is 5.41. The third-order valence-corrected chi connectivity index (χ3v) is 5.20. The van der Waals surface area contributed by atoms with Crippen LogP contribution in [-0.4, -0.2) is 20.6 Å². The molecule has 0 spiro atoms. The first-order chi connectivity index (χ1) is 14.1. The number of aromatic hydroxyl groups is 1. The Kier molecular flexibility index (Phi) is 4.05. The molecule has 3 heterocycles. The third-order valence-electron chi connectivity index (χ3n) is 5.20. The Balaban J connectivity index is 1.74. The first kappa shape index (κ1) is 17.4. The van der Waals surface area contributed by atoms with Crippen LogP contribution < -0.4 is 0 Å². The van der Waals surface area contributed by atoms with Gasteiger partial charge in [-0.05, 0) is 48.9 Å². The van der Waals surface area contributed by atoms with Crippen molar-refractivity contribution in [2.24, 2.45) is 4.99 Å². The number of aryl methyl sites for hydroxylation is 1. The Morgan fingerprint density at radius 1 is 1.07 bits per heavy atom. The van der Waals surface area contributed by atoms with Gasteiger partial charge in [-0.1, -0.05) is 24.3 Å². The smallest absolute Gasteiger partial charge is 0.159 e. The van der Waals surface area contributed by atoms with Crippen molar-refractivity contribution >= 4 is 11.5 Å². The summed E-state index contributed by atoms with van der Waals surface area (Å²) in [6, 6.07) is 17.0. The van der Waals surface area contributed by atoms with Crippen molar-refractivity contribution in [1.29, 1.82) is 0 Å². The van der Waals surface area contributed by atoms with Crippen LogP contribution in [0.5, 0.6) is 5.75 Å². The second kappa shape index (κ2) is 6.74. The number of benzene rings is 2. The second-order valence-corrected chi connectivity index (χ2v) is 7.05. The molecule has 1 N–H and O–H groups in total. The maximum absolute atomic E-state index is 13.5. The normalized spacial score (nSPS) is 15.8. The molecule has 1 unspecified atom stereocenters. The van der Waals surface area contributed by atoms with Crippen LogP contribution in [0.1, 0.15) is 29.5 Å². The van der Waals surface area contributed by atoms with Gasteiger partial charge in [-0.2, -0.15) is 5.10 Å². The number of rotatable bonds is 3. The molecule has 2 aromatic carbocycles. The zero-order valence-corrected chi connectivity index (χ0v) is 15.7. The molecule has 0 fully saturated rings. The van der Waals surface area contributed by atoms with Crippen LogP contribution in [0, 0.1) is 12.7 Å². The highest BCUT2D eigenvalue weighted by atomic mass is 19.1. The van der Waals surface area contributed by atoms with Gasteiger partial charge in [-0.15, -0.1) is 0 Å². The minimum absolute atomic E-state index is 0.178. The fourth-order valence-electron chi connectivity index (χ4n) is 3.85. The lowest BCUT2D eigenvalue weighted by molar-refractivity contribution is 0.409. The third kappa shape index (κ3) is 2.93. The van der Waals surface area contributed by atoms with Gasteiger partial charge in [0.05, 0.1) is 17.7 Å². The summed E-state index contributed by atoms with van der Waals surface area (Å²) in [6.07, 6.45) is 2.17. The van der Waals surface area contributed by atoms with Crippen LogP contribution in [0.15, 0.2) is 76.3 Å². The Morgan fingerprint density at radius 2 is 1.86 bits per heavy atom. The van der Waals surface area contributed by atoms with Gasteiger partial charge in [0.15, 0.2) is 5.82 Å². The van der Waals surface area contributed by atoms with Crippen LogP contribution >= 0.6 is 0 Å². The van der Waals surface area contributed by atoms with E-state index in [2.05, 4.69) is 0 Å². The predicted molar refractivity (Wildman–Crippen MR) is 108 cm³/mol. The zero-order chi connectivity index (χ0) is 20.0. The largest absolute Gasteiger partial charge is 0.507 e. The summed E-state index contributed by atoms with van der Waals surface area (Å²) in [5.74, 6) is 1.32. The number of hydrogen-bond donors (Lipinski definition) is 1. The highest BCUT2D eigenvalue weighted by molar-refractivity contribution is 6.05. The number of fused-ring (bicyclic) bond motifs is 1. The zero-order valence-electron chi connectivity index (χ0n) is 15.7. The molecule has 5 nitrogen and oxygen atoms in total. The van der Waals surface area contributed by atoms with Crippen LogP contribution in [0.25, 0.3) is 11.1 Å². The van der Waals surface area contributed by atoms with Gasteiger partial charge in [-0.3, -0.25) is 0 Å². The van der Waals surface area contributed by atoms with E-state index in [9.17, 15) is 9.50 Å². The summed E-state index contributed by atoms with van der Waals surface area (Å²) in [6.45, 7) is 1.92. The molecule has 1 aliphatic rings. The number of phenols is 1. The average Bonchev–Trinajstić information content (AvgIpc) is 3.36. The van der Waals surface area contributed by atoms with E-state index in [-0.39, 0.29) is 17.6 Å². The topological polar surface area (TPSA) is 63.5 Å². The highest BCUT2D eigenvalue weighted by Crippen LogP contribution is 2.42. The molecule has 0 saturated carbocycles. The first-order valence-electron chi connectivity index (χ1n) is 9.36. The van der Waals surface area contributed by atoms with Crippen molar-refractivity contribution in [2.45, 2.75) is 19.4 Å². The van der Waals surface area contributed by atoms with Crippen LogP contribution in [0.2, 0.25) is 0 Å². The monoisotopic (exact) mass is 387 g/mol. The highest BCUT2D eigenvalue weighted by Gasteiger charge is 2.31. The lowest BCUT2D eigenvalue weighted by Crippen LogP contribution is -2.21. The molecule has 1 atom stereocenters. The minimum atomic E-state index is -0.292. The summed E-state index contributed by atoms with van der Waals surface area (Å²) < 4.78 is 21.0. The van der Waals surface area contributed by atoms with Gasteiger partial charge in [-0.25, -0.2) is 14.1 Å². The fraction of sp³-hybridized carbons (Fsp3) is 0.130. The molecule has 6 heteroatoms. The maximum atomic E-state index is 13.5. The van der Waals surface area contributed by atoms with Crippen LogP contribution in [0.4, 0.5) is 10.2 Å². The Morgan fingerprint density at radius 3 is 2.59 bits per heavy atom. The Bertz CT molecular complexity index is 1210. The van der Waals surface area contributed by atoms with Gasteiger partial charge in [0.25, 0.3) is 0 Å². The van der Waals surface area contributed by atoms with Crippen molar-refractivity contribution in [3.63, 3.8) is 0 Å². The van der Waals surface area contributed by atoms with Crippen molar-refractivity contribution in [2.75, 3.05) is 0 Å². The number of aliphatic imine (C=N–C) groups is 1. The van der Waals surface area contributed by atoms with Crippen molar-refractivity contribution in [3.05, 3.63) is 89.8 Å². The number of furan rings is 1. The Hall–Kier alpha value is -3.67. The van der Waals surface area contributed by atoms with E-state index in [1.54, 1.807) is 30.5 Å². The van der Waals surface area contributed by atoms with E-state index in [0.29, 0.717) is 17.8 Å². The van der Waals surface area contributed by atoms with Gasteiger partial charge < -0.3 is 9.52 Å². The van der Waals surface area contributed by atoms with Gasteiger partial charge in [0.1, 0.15) is 23.4 Å². The van der Waals surface area contributed by atoms with Gasteiger partial charge >= 0.3 is 0 Å². The molecular weight excluding hydrogens is 369 g/mol. The van der Waals surface area contributed by atoms with Gasteiger partial charge in [0, 0.05) is 17.5 Å². The van der Waals surface area contributed by atoms with E-state index in [4.69, 9.17) is 14.5 Å². The van der Waals surface area contributed by atoms with Crippen molar-refractivity contribution in [1.82, 2.24) is 9.78 Å². The van der Waals surface area contributed by atoms with Crippen LogP contribution in [-0.2, 0) is 0 Å². The number of para-hydroxylation sites is 1. The molecule has 0 saturated heterocycles. The second-order valence-electron chi connectivity index (χ2n) is 7.05. The lowest BCUT2D eigenvalue weighted by atomic mass is 9.98. The molecule has 2 aromatic heterocycles. The lowest BCUT2D eigenvalue weighted by Gasteiger charge is -2.23. The number of nitrogens with zero attached hydrogens (tertiary/aromatic N) is 3. The van der Waals surface area contributed by atoms with E-state index in [0.717, 1.165) is 28.3 Å². The molecule has 4 aromatic rings. The molecule has 0 bridgehead atoms. The van der Waals surface area contributed by atoms with Crippen molar-refractivity contribution in [3.8, 4) is 16.9 Å². The molecule has 1 aliphatic heterocycles. The van der Waals surface area contributed by atoms with E-state index in [1.165, 1.54) is 12.1 Å². The summed E-state index contributed by atoms with van der Waals surface area (Å²) in [5, 5.41) is 15.1. The molecule has 29 heavy (non-hydrogen) atoms. The summed E-state index contributed by atoms with van der Waals surface area (Å²) in [5.41, 5.74) is 3.91. The molecule has 0 amide bonds. The maximum Gasteiger partial charge on any atom is 0.159 e. The average molecular weight is 387 g/mol. The molecular formula is C23H18FN3O2. The molecule has 144 valence electrons. The van der Waals surface area contributed by atoms with Crippen molar-refractivity contribution < 1.29 is 13.9 Å². The van der Waals surface area contributed by atoms with E-state index >= 15 is 0 Å². The van der Waals surface area contributed by atoms with Crippen LogP contribution in [0.3, 0.4) is 0 Å². The standard InChI is InChI=1S/C23H18FN3O2/c1-14-22(15-8-10-16(24)11-9-15)23-25-18(17-5-2-3-6-20(17)28)13-19(27(23)26-14)21-7-4-12-29-21/h2-12,19,28H,13H2,1H3. The SMILES string of the molecule is Cc1nn2c(c1-c1ccc(F)cc1)N=C(c1ccccc1O)CC2c1ccco1. The first-order valence-corrected chi connectivity index (χ1v) is 9.36. The van der Waals surface area contributed by atoms with E-state index < -0.39 is 0 Å². The summed E-state index contributed by atoms with van der Waals surface area (Å²) in [7, 11) is 0. The molecule has 0 radical (unpaired) electrons. The number of hydrogen-bond acceptors (Lipinski definition) is 4. The van der Waals surface area contributed by atoms with Gasteiger partial charge in [0.2, 0.25) is 0 Å². The molecule has 5 rings (SSSR count).